The molecule has 0 spiro atoms. The minimum Gasteiger partial charge on any atom is -0.381 e. The number of rotatable bonds is 8. The van der Waals surface area contributed by atoms with Crippen molar-refractivity contribution in [2.24, 2.45) is 0 Å². The van der Waals surface area contributed by atoms with Gasteiger partial charge >= 0.3 is 0 Å². The molecule has 2 N–H and O–H groups in total. The van der Waals surface area contributed by atoms with E-state index < -0.39 is 0 Å². The van der Waals surface area contributed by atoms with Crippen LogP contribution in [0, 0.1) is 5.82 Å². The maximum atomic E-state index is 13.7. The quantitative estimate of drug-likeness (QED) is 0.461. The summed E-state index contributed by atoms with van der Waals surface area (Å²) in [5.74, 6) is 6.62. The van der Waals surface area contributed by atoms with Crippen LogP contribution in [0.15, 0.2) is 29.4 Å². The summed E-state index contributed by atoms with van der Waals surface area (Å²) in [6.07, 6.45) is 2.19. The SMILES string of the molecule is CCCCOCCSc1nnc(-c2ccccc2F)n1N. The lowest BCUT2D eigenvalue weighted by molar-refractivity contribution is 0.147. The summed E-state index contributed by atoms with van der Waals surface area (Å²) >= 11 is 1.44. The van der Waals surface area contributed by atoms with E-state index in [0.29, 0.717) is 23.2 Å². The summed E-state index contributed by atoms with van der Waals surface area (Å²) in [5, 5.41) is 8.51. The molecule has 0 bridgehead atoms. The minimum atomic E-state index is -0.365. The van der Waals surface area contributed by atoms with Gasteiger partial charge in [0.05, 0.1) is 12.2 Å². The van der Waals surface area contributed by atoms with Crippen LogP contribution < -0.4 is 5.84 Å². The number of nitrogen functional groups attached to an aromatic ring is 1. The molecule has 0 fully saturated rings. The molecule has 0 amide bonds. The number of ether oxygens (including phenoxy) is 1. The van der Waals surface area contributed by atoms with E-state index in [1.807, 2.05) is 0 Å². The van der Waals surface area contributed by atoms with Crippen molar-refractivity contribution in [3.8, 4) is 11.4 Å². The van der Waals surface area contributed by atoms with E-state index in [-0.39, 0.29) is 5.82 Å². The Morgan fingerprint density at radius 1 is 1.29 bits per heavy atom. The lowest BCUT2D eigenvalue weighted by Gasteiger charge is -2.05. The molecular formula is C14H19FN4OS. The van der Waals surface area contributed by atoms with Gasteiger partial charge in [-0.3, -0.25) is 0 Å². The molecule has 0 saturated heterocycles. The Labute approximate surface area is 127 Å². The number of hydrogen-bond donors (Lipinski definition) is 1. The third-order valence-corrected chi connectivity index (χ3v) is 3.79. The van der Waals surface area contributed by atoms with Gasteiger partial charge in [-0.1, -0.05) is 37.2 Å². The van der Waals surface area contributed by atoms with E-state index in [9.17, 15) is 4.39 Å². The Kier molecular flexibility index (Phi) is 6.01. The van der Waals surface area contributed by atoms with Crippen LogP contribution in [0.1, 0.15) is 19.8 Å². The van der Waals surface area contributed by atoms with Gasteiger partial charge in [-0.25, -0.2) is 9.07 Å². The molecule has 1 aromatic carbocycles. The Morgan fingerprint density at radius 2 is 2.10 bits per heavy atom. The molecule has 0 unspecified atom stereocenters. The molecule has 0 aliphatic carbocycles. The molecule has 7 heteroatoms. The number of nitrogens with two attached hydrogens (primary N) is 1. The van der Waals surface area contributed by atoms with Gasteiger partial charge in [-0.05, 0) is 18.6 Å². The van der Waals surface area contributed by atoms with E-state index in [0.717, 1.165) is 25.2 Å². The fourth-order valence-corrected chi connectivity index (χ4v) is 2.45. The van der Waals surface area contributed by atoms with Crippen LogP contribution >= 0.6 is 11.8 Å². The molecule has 21 heavy (non-hydrogen) atoms. The van der Waals surface area contributed by atoms with Crippen molar-refractivity contribution in [2.75, 3.05) is 24.8 Å². The van der Waals surface area contributed by atoms with Crippen LogP contribution in [-0.4, -0.2) is 33.8 Å². The van der Waals surface area contributed by atoms with Crippen molar-refractivity contribution in [3.63, 3.8) is 0 Å². The predicted molar refractivity (Wildman–Crippen MR) is 82.0 cm³/mol. The number of nitrogens with zero attached hydrogens (tertiary/aromatic N) is 3. The first kappa shape index (κ1) is 15.8. The molecule has 5 nitrogen and oxygen atoms in total. The van der Waals surface area contributed by atoms with Crippen LogP contribution in [0.5, 0.6) is 0 Å². The van der Waals surface area contributed by atoms with Gasteiger partial charge in [0.2, 0.25) is 5.16 Å². The van der Waals surface area contributed by atoms with Crippen LogP contribution in [0.2, 0.25) is 0 Å². The topological polar surface area (TPSA) is 66.0 Å². The van der Waals surface area contributed by atoms with Crippen molar-refractivity contribution in [1.82, 2.24) is 14.9 Å². The first-order valence-corrected chi connectivity index (χ1v) is 7.88. The second kappa shape index (κ2) is 7.99. The summed E-state index contributed by atoms with van der Waals surface area (Å²) in [6, 6.07) is 6.37. The monoisotopic (exact) mass is 310 g/mol. The van der Waals surface area contributed by atoms with Crippen molar-refractivity contribution < 1.29 is 9.13 Å². The average Bonchev–Trinajstić information content (AvgIpc) is 2.84. The normalized spacial score (nSPS) is 11.0. The van der Waals surface area contributed by atoms with Gasteiger partial charge in [-0.15, -0.1) is 10.2 Å². The number of hydrogen-bond acceptors (Lipinski definition) is 5. The molecule has 114 valence electrons. The fourth-order valence-electron chi connectivity index (χ4n) is 1.74. The number of thioether (sulfide) groups is 1. The third kappa shape index (κ3) is 4.18. The molecular weight excluding hydrogens is 291 g/mol. The lowest BCUT2D eigenvalue weighted by Crippen LogP contribution is -2.12. The number of benzene rings is 1. The zero-order valence-corrected chi connectivity index (χ0v) is 12.8. The van der Waals surface area contributed by atoms with E-state index in [4.69, 9.17) is 10.6 Å². The first-order valence-electron chi connectivity index (χ1n) is 6.90. The number of halogens is 1. The second-order valence-electron chi connectivity index (χ2n) is 4.47. The zero-order valence-electron chi connectivity index (χ0n) is 12.0. The van der Waals surface area contributed by atoms with Gasteiger partial charge < -0.3 is 10.6 Å². The molecule has 0 atom stereocenters. The first-order chi connectivity index (χ1) is 10.2. The van der Waals surface area contributed by atoms with Crippen molar-refractivity contribution in [2.45, 2.75) is 24.9 Å². The van der Waals surface area contributed by atoms with Crippen LogP contribution in [0.3, 0.4) is 0 Å². The van der Waals surface area contributed by atoms with Gasteiger partial charge in [0.15, 0.2) is 5.82 Å². The molecule has 1 heterocycles. The maximum Gasteiger partial charge on any atom is 0.210 e. The smallest absolute Gasteiger partial charge is 0.210 e. The third-order valence-electron chi connectivity index (χ3n) is 2.88. The Morgan fingerprint density at radius 3 is 2.86 bits per heavy atom. The summed E-state index contributed by atoms with van der Waals surface area (Å²) < 4.78 is 20.5. The van der Waals surface area contributed by atoms with Crippen molar-refractivity contribution in [3.05, 3.63) is 30.1 Å². The predicted octanol–water partition coefficient (Wildman–Crippen LogP) is 2.71. The maximum absolute atomic E-state index is 13.7. The summed E-state index contributed by atoms with van der Waals surface area (Å²) in [5.41, 5.74) is 0.346. The molecule has 0 radical (unpaired) electrons. The van der Waals surface area contributed by atoms with E-state index in [2.05, 4.69) is 17.1 Å². The molecule has 0 aliphatic heterocycles. The largest absolute Gasteiger partial charge is 0.381 e. The van der Waals surface area contributed by atoms with Gasteiger partial charge in [0, 0.05) is 12.4 Å². The van der Waals surface area contributed by atoms with E-state index in [1.54, 1.807) is 18.2 Å². The average molecular weight is 310 g/mol. The van der Waals surface area contributed by atoms with Gasteiger partial charge in [-0.2, -0.15) is 0 Å². The van der Waals surface area contributed by atoms with Gasteiger partial charge in [0.1, 0.15) is 5.82 Å². The highest BCUT2D eigenvalue weighted by Gasteiger charge is 2.14. The van der Waals surface area contributed by atoms with Crippen LogP contribution in [0.4, 0.5) is 4.39 Å². The van der Waals surface area contributed by atoms with Crippen LogP contribution in [0.25, 0.3) is 11.4 Å². The Bertz CT molecular complexity index is 576. The molecule has 0 saturated carbocycles. The van der Waals surface area contributed by atoms with Crippen molar-refractivity contribution in [1.29, 1.82) is 0 Å². The Hall–Kier alpha value is -1.60. The zero-order chi connectivity index (χ0) is 15.1. The second-order valence-corrected chi connectivity index (χ2v) is 5.53. The highest BCUT2D eigenvalue weighted by atomic mass is 32.2. The summed E-state index contributed by atoms with van der Waals surface area (Å²) in [7, 11) is 0. The minimum absolute atomic E-state index is 0.322. The fraction of sp³-hybridized carbons (Fsp3) is 0.429. The highest BCUT2D eigenvalue weighted by Crippen LogP contribution is 2.23. The lowest BCUT2D eigenvalue weighted by atomic mass is 10.2. The molecule has 2 rings (SSSR count). The van der Waals surface area contributed by atoms with E-state index in [1.165, 1.54) is 22.5 Å². The molecule has 1 aromatic heterocycles. The van der Waals surface area contributed by atoms with Crippen LogP contribution in [-0.2, 0) is 4.74 Å². The molecule has 2 aromatic rings. The number of aromatic nitrogens is 3. The molecule has 0 aliphatic rings. The van der Waals surface area contributed by atoms with Gasteiger partial charge in [0.25, 0.3) is 0 Å². The Balaban J connectivity index is 1.93. The number of unbranched alkanes of at least 4 members (excludes halogenated alkanes) is 1. The highest BCUT2D eigenvalue weighted by molar-refractivity contribution is 7.99. The summed E-state index contributed by atoms with van der Waals surface area (Å²) in [6.45, 7) is 3.53. The summed E-state index contributed by atoms with van der Waals surface area (Å²) in [4.78, 5) is 0. The standard InChI is InChI=1S/C14H19FN4OS/c1-2-3-8-20-9-10-21-14-18-17-13(19(14)16)11-6-4-5-7-12(11)15/h4-7H,2-3,8-10,16H2,1H3. The van der Waals surface area contributed by atoms with E-state index >= 15 is 0 Å². The van der Waals surface area contributed by atoms with Crippen molar-refractivity contribution >= 4 is 11.8 Å².